The first-order valence-electron chi connectivity index (χ1n) is 13.6. The number of primary amides is 1. The van der Waals surface area contributed by atoms with Crippen LogP contribution in [0.4, 0.5) is 52.6 Å². The van der Waals surface area contributed by atoms with Crippen molar-refractivity contribution >= 4 is 56.4 Å². The number of anilines is 3. The van der Waals surface area contributed by atoms with Gasteiger partial charge in [-0.05, 0) is 48.5 Å². The van der Waals surface area contributed by atoms with Crippen molar-refractivity contribution in [1.82, 2.24) is 0 Å². The number of benzene rings is 3. The van der Waals surface area contributed by atoms with Gasteiger partial charge in [0.1, 0.15) is 22.5 Å². The molecule has 4 aromatic rings. The maximum atomic E-state index is 13.8. The highest BCUT2D eigenvalue weighted by Gasteiger charge is 2.35. The fourth-order valence-electron chi connectivity index (χ4n) is 5.04. The Morgan fingerprint density at radius 2 is 1.68 bits per heavy atom. The van der Waals surface area contributed by atoms with Crippen LogP contribution >= 0.6 is 11.3 Å². The first-order chi connectivity index (χ1) is 22.0. The summed E-state index contributed by atoms with van der Waals surface area (Å²) in [5.41, 5.74) is 2.25. The number of carbonyl (C=O) groups excluding carboxylic acids is 3. The molecule has 1 fully saturated rings. The quantitative estimate of drug-likeness (QED) is 0.176. The lowest BCUT2D eigenvalue weighted by molar-refractivity contribution is -0.140. The van der Waals surface area contributed by atoms with Gasteiger partial charge in [-0.1, -0.05) is 6.07 Å². The van der Waals surface area contributed by atoms with E-state index in [0.29, 0.717) is 42.1 Å². The number of hydrogen-bond acceptors (Lipinski definition) is 7. The van der Waals surface area contributed by atoms with Crippen molar-refractivity contribution in [1.29, 1.82) is 0 Å². The zero-order chi connectivity index (χ0) is 34.3. The number of carbonyl (C=O) groups is 3. The van der Waals surface area contributed by atoms with E-state index in [1.165, 1.54) is 19.2 Å². The molecule has 9 nitrogen and oxygen atoms in total. The lowest BCUT2D eigenvalue weighted by atomic mass is 10.1. The minimum atomic E-state index is -5.08. The summed E-state index contributed by atoms with van der Waals surface area (Å²) in [6.45, 7) is 0.725. The van der Waals surface area contributed by atoms with E-state index in [0.717, 1.165) is 24.3 Å². The molecule has 1 aromatic heterocycles. The van der Waals surface area contributed by atoms with Gasteiger partial charge in [-0.3, -0.25) is 9.59 Å². The second-order valence-corrected chi connectivity index (χ2v) is 11.3. The van der Waals surface area contributed by atoms with Crippen molar-refractivity contribution in [3.8, 4) is 5.75 Å². The summed E-state index contributed by atoms with van der Waals surface area (Å²) in [6, 6.07) is 8.94. The zero-order valence-corrected chi connectivity index (χ0v) is 24.8. The number of nitrogens with two attached hydrogens (primary N) is 1. The van der Waals surface area contributed by atoms with E-state index in [-0.39, 0.29) is 38.5 Å². The van der Waals surface area contributed by atoms with Crippen LogP contribution in [-0.4, -0.2) is 44.2 Å². The molecule has 2 heterocycles. The Bertz CT molecular complexity index is 1880. The van der Waals surface area contributed by atoms with E-state index in [4.69, 9.17) is 15.2 Å². The average Bonchev–Trinajstić information content (AvgIpc) is 3.60. The van der Waals surface area contributed by atoms with Crippen molar-refractivity contribution in [2.45, 2.75) is 24.9 Å². The molecular weight excluding hydrogens is 661 g/mol. The Morgan fingerprint density at radius 1 is 0.936 bits per heavy atom. The maximum absolute atomic E-state index is 13.8. The SMILES string of the molecule is COc1ccc(N2CCC(OC(N)=O)C2)cc1C(=O)Nc1c(C(=O)Nc2ccc(F)c(C(F)(F)F)c2)sc2cc(C(F)(F)F)ccc12. The molecule has 1 aliphatic heterocycles. The molecule has 17 heteroatoms. The molecule has 3 amide bonds. The number of nitrogens with one attached hydrogen (secondary N) is 2. The van der Waals surface area contributed by atoms with Gasteiger partial charge in [0.05, 0.1) is 36.0 Å². The molecule has 0 spiro atoms. The Morgan fingerprint density at radius 3 is 2.34 bits per heavy atom. The standard InChI is InChI=1S/C30H23F7N4O5S/c1-45-22-7-4-16(41-9-8-17(13-41)46-28(38)44)12-19(22)26(42)40-24-18-5-2-14(29(32,33)34)10-23(18)47-25(24)27(43)39-15-3-6-21(31)20(11-15)30(35,36)37/h2-7,10-12,17H,8-9,13H2,1H3,(H2,38,44)(H,39,43)(H,40,42). The fraction of sp³-hybridized carbons (Fsp3) is 0.233. The van der Waals surface area contributed by atoms with Crippen LogP contribution in [0.25, 0.3) is 10.1 Å². The second kappa shape index (κ2) is 12.6. The highest BCUT2D eigenvalue weighted by atomic mass is 32.1. The Labute approximate surface area is 265 Å². The summed E-state index contributed by atoms with van der Waals surface area (Å²) in [4.78, 5) is 39.7. The number of nitrogens with zero attached hydrogens (tertiary/aromatic N) is 1. The van der Waals surface area contributed by atoms with Gasteiger partial charge in [0, 0.05) is 34.4 Å². The molecule has 5 rings (SSSR count). The third-order valence-electron chi connectivity index (χ3n) is 7.21. The van der Waals surface area contributed by atoms with Gasteiger partial charge in [-0.2, -0.15) is 26.3 Å². The van der Waals surface area contributed by atoms with E-state index in [1.807, 2.05) is 4.90 Å². The topological polar surface area (TPSA) is 123 Å². The molecule has 248 valence electrons. The van der Waals surface area contributed by atoms with Gasteiger partial charge in [-0.25, -0.2) is 9.18 Å². The van der Waals surface area contributed by atoms with Crippen molar-refractivity contribution in [3.05, 3.63) is 82.0 Å². The molecule has 1 saturated heterocycles. The van der Waals surface area contributed by atoms with Crippen molar-refractivity contribution in [3.63, 3.8) is 0 Å². The van der Waals surface area contributed by atoms with Crippen LogP contribution in [0.3, 0.4) is 0 Å². The van der Waals surface area contributed by atoms with Gasteiger partial charge in [0.15, 0.2) is 0 Å². The number of thiophene rings is 1. The van der Waals surface area contributed by atoms with Crippen LogP contribution in [0.2, 0.25) is 0 Å². The molecular formula is C30H23F7N4O5S. The molecule has 1 atom stereocenters. The highest BCUT2D eigenvalue weighted by molar-refractivity contribution is 7.21. The molecule has 0 aliphatic carbocycles. The molecule has 1 unspecified atom stereocenters. The summed E-state index contributed by atoms with van der Waals surface area (Å²) in [6.07, 6.45) is -10.8. The van der Waals surface area contributed by atoms with Crippen molar-refractivity contribution in [2.24, 2.45) is 5.73 Å². The molecule has 47 heavy (non-hydrogen) atoms. The number of amides is 3. The summed E-state index contributed by atoms with van der Waals surface area (Å²) in [5.74, 6) is -3.38. The van der Waals surface area contributed by atoms with Gasteiger partial charge in [0.25, 0.3) is 11.8 Å². The van der Waals surface area contributed by atoms with Crippen LogP contribution in [0.1, 0.15) is 37.6 Å². The van der Waals surface area contributed by atoms with Crippen LogP contribution in [-0.2, 0) is 17.1 Å². The first kappa shape index (κ1) is 33.3. The van der Waals surface area contributed by atoms with Crippen LogP contribution in [0, 0.1) is 5.82 Å². The summed E-state index contributed by atoms with van der Waals surface area (Å²) < 4.78 is 104. The largest absolute Gasteiger partial charge is 0.496 e. The van der Waals surface area contributed by atoms with E-state index in [2.05, 4.69) is 10.6 Å². The number of alkyl halides is 6. The predicted octanol–water partition coefficient (Wildman–Crippen LogP) is 7.27. The van der Waals surface area contributed by atoms with E-state index in [9.17, 15) is 45.1 Å². The normalized spacial score (nSPS) is 15.1. The maximum Gasteiger partial charge on any atom is 0.419 e. The number of methoxy groups -OCH3 is 1. The monoisotopic (exact) mass is 684 g/mol. The predicted molar refractivity (Wildman–Crippen MR) is 158 cm³/mol. The molecule has 4 N–H and O–H groups in total. The Kier molecular flexibility index (Phi) is 8.94. The van der Waals surface area contributed by atoms with E-state index >= 15 is 0 Å². The third kappa shape index (κ3) is 7.19. The summed E-state index contributed by atoms with van der Waals surface area (Å²) in [5, 5.41) is 4.79. The fourth-order valence-corrected chi connectivity index (χ4v) is 6.13. The number of rotatable bonds is 7. The lowest BCUT2D eigenvalue weighted by Crippen LogP contribution is -2.27. The molecule has 0 saturated carbocycles. The van der Waals surface area contributed by atoms with Crippen molar-refractivity contribution < 1.29 is 54.6 Å². The minimum absolute atomic E-state index is 0.0322. The average molecular weight is 685 g/mol. The van der Waals surface area contributed by atoms with Crippen LogP contribution < -0.4 is 26.0 Å². The molecule has 0 radical (unpaired) electrons. The minimum Gasteiger partial charge on any atom is -0.496 e. The first-order valence-corrected chi connectivity index (χ1v) is 14.4. The van der Waals surface area contributed by atoms with Gasteiger partial charge >= 0.3 is 18.4 Å². The van der Waals surface area contributed by atoms with Crippen LogP contribution in [0.15, 0.2) is 54.6 Å². The van der Waals surface area contributed by atoms with Gasteiger partial charge in [-0.15, -0.1) is 11.3 Å². The van der Waals surface area contributed by atoms with Gasteiger partial charge in [0.2, 0.25) is 0 Å². The van der Waals surface area contributed by atoms with Crippen LogP contribution in [0.5, 0.6) is 5.75 Å². The molecule has 1 aliphatic rings. The van der Waals surface area contributed by atoms with Crippen molar-refractivity contribution in [2.75, 3.05) is 35.7 Å². The van der Waals surface area contributed by atoms with Gasteiger partial charge < -0.3 is 30.7 Å². The summed E-state index contributed by atoms with van der Waals surface area (Å²) >= 11 is 0.556. The summed E-state index contributed by atoms with van der Waals surface area (Å²) in [7, 11) is 1.30. The number of fused-ring (bicyclic) bond motifs is 1. The molecule has 3 aromatic carbocycles. The second-order valence-electron chi connectivity index (χ2n) is 10.3. The molecule has 0 bridgehead atoms. The third-order valence-corrected chi connectivity index (χ3v) is 8.36. The number of hydrogen-bond donors (Lipinski definition) is 3. The zero-order valence-electron chi connectivity index (χ0n) is 24.0. The number of halogens is 7. The highest BCUT2D eigenvalue weighted by Crippen LogP contribution is 2.41. The lowest BCUT2D eigenvalue weighted by Gasteiger charge is -2.20. The number of ether oxygens (including phenoxy) is 2. The Balaban J connectivity index is 1.51. The smallest absolute Gasteiger partial charge is 0.419 e. The van der Waals surface area contributed by atoms with E-state index in [1.54, 1.807) is 6.07 Å². The Hall–Kier alpha value is -5.06. The van der Waals surface area contributed by atoms with E-state index < -0.39 is 59.0 Å².